The minimum atomic E-state index is -0.197. The largest absolute Gasteiger partial charge is 0.383 e. The molecule has 0 atom stereocenters. The standard InChI is InChI=1S/C12H10ClN3O/c1-7-2-4-16-12(14)10(7)11(17)8-3-5-15-9(13)6-8/h2-6H,1H3,(H2,14,16). The van der Waals surface area contributed by atoms with E-state index in [4.69, 9.17) is 17.3 Å². The van der Waals surface area contributed by atoms with Crippen molar-refractivity contribution < 1.29 is 4.79 Å². The summed E-state index contributed by atoms with van der Waals surface area (Å²) in [6, 6.07) is 4.85. The number of carbonyl (C=O) groups excluding carboxylic acids is 1. The number of anilines is 1. The van der Waals surface area contributed by atoms with Crippen molar-refractivity contribution in [3.05, 3.63) is 52.4 Å². The van der Waals surface area contributed by atoms with Crippen molar-refractivity contribution in [2.45, 2.75) is 6.92 Å². The van der Waals surface area contributed by atoms with Crippen LogP contribution in [0.1, 0.15) is 21.5 Å². The molecule has 0 unspecified atom stereocenters. The van der Waals surface area contributed by atoms with Gasteiger partial charge in [0.1, 0.15) is 11.0 Å². The van der Waals surface area contributed by atoms with Gasteiger partial charge in [-0.1, -0.05) is 11.6 Å². The van der Waals surface area contributed by atoms with Crippen LogP contribution in [0.25, 0.3) is 0 Å². The summed E-state index contributed by atoms with van der Waals surface area (Å²) in [6.07, 6.45) is 3.05. The first-order valence-electron chi connectivity index (χ1n) is 4.97. The van der Waals surface area contributed by atoms with Gasteiger partial charge in [-0.25, -0.2) is 9.97 Å². The first-order chi connectivity index (χ1) is 8.09. The Labute approximate surface area is 103 Å². The van der Waals surface area contributed by atoms with Gasteiger partial charge < -0.3 is 5.73 Å². The molecule has 0 aromatic carbocycles. The predicted molar refractivity (Wildman–Crippen MR) is 66.1 cm³/mol. The summed E-state index contributed by atoms with van der Waals surface area (Å²) in [5.41, 5.74) is 7.37. The van der Waals surface area contributed by atoms with Gasteiger partial charge in [0, 0.05) is 18.0 Å². The number of aromatic nitrogens is 2. The average molecular weight is 248 g/mol. The van der Waals surface area contributed by atoms with Gasteiger partial charge in [-0.3, -0.25) is 4.79 Å². The van der Waals surface area contributed by atoms with Gasteiger partial charge >= 0.3 is 0 Å². The van der Waals surface area contributed by atoms with Crippen LogP contribution in [0.5, 0.6) is 0 Å². The molecule has 5 heteroatoms. The molecule has 0 radical (unpaired) electrons. The predicted octanol–water partition coefficient (Wildman–Crippen LogP) is 2.25. The van der Waals surface area contributed by atoms with Crippen LogP contribution in [0.3, 0.4) is 0 Å². The van der Waals surface area contributed by atoms with E-state index >= 15 is 0 Å². The normalized spacial score (nSPS) is 10.2. The molecule has 0 fully saturated rings. The third-order valence-electron chi connectivity index (χ3n) is 2.40. The molecule has 0 amide bonds. The maximum absolute atomic E-state index is 12.2. The van der Waals surface area contributed by atoms with E-state index in [0.29, 0.717) is 11.1 Å². The van der Waals surface area contributed by atoms with Crippen molar-refractivity contribution in [3.63, 3.8) is 0 Å². The van der Waals surface area contributed by atoms with Gasteiger partial charge in [0.15, 0.2) is 5.78 Å². The highest BCUT2D eigenvalue weighted by atomic mass is 35.5. The monoisotopic (exact) mass is 247 g/mol. The van der Waals surface area contributed by atoms with E-state index < -0.39 is 0 Å². The number of nitrogens with zero attached hydrogens (tertiary/aromatic N) is 2. The molecule has 4 nitrogen and oxygen atoms in total. The summed E-state index contributed by atoms with van der Waals surface area (Å²) in [6.45, 7) is 1.81. The molecule has 0 bridgehead atoms. The van der Waals surface area contributed by atoms with E-state index in [2.05, 4.69) is 9.97 Å². The lowest BCUT2D eigenvalue weighted by molar-refractivity contribution is 0.103. The lowest BCUT2D eigenvalue weighted by Crippen LogP contribution is -2.09. The fourth-order valence-corrected chi connectivity index (χ4v) is 1.74. The Hall–Kier alpha value is -1.94. The smallest absolute Gasteiger partial charge is 0.197 e. The maximum atomic E-state index is 12.2. The molecular weight excluding hydrogens is 238 g/mol. The molecule has 2 N–H and O–H groups in total. The number of nitrogen functional groups attached to an aromatic ring is 1. The summed E-state index contributed by atoms with van der Waals surface area (Å²) in [7, 11) is 0. The first kappa shape index (κ1) is 11.5. The second-order valence-electron chi connectivity index (χ2n) is 3.58. The second-order valence-corrected chi connectivity index (χ2v) is 3.97. The molecular formula is C12H10ClN3O. The Morgan fingerprint density at radius 3 is 2.65 bits per heavy atom. The van der Waals surface area contributed by atoms with Crippen molar-refractivity contribution in [1.82, 2.24) is 9.97 Å². The lowest BCUT2D eigenvalue weighted by Gasteiger charge is -2.07. The van der Waals surface area contributed by atoms with Crippen molar-refractivity contribution in [2.75, 3.05) is 5.73 Å². The number of halogens is 1. The fraction of sp³-hybridized carbons (Fsp3) is 0.0833. The molecule has 0 saturated heterocycles. The highest BCUT2D eigenvalue weighted by molar-refractivity contribution is 6.30. The zero-order valence-corrected chi connectivity index (χ0v) is 9.90. The maximum Gasteiger partial charge on any atom is 0.197 e. The third kappa shape index (κ3) is 2.26. The average Bonchev–Trinajstić information content (AvgIpc) is 2.28. The van der Waals surface area contributed by atoms with E-state index in [-0.39, 0.29) is 16.8 Å². The van der Waals surface area contributed by atoms with Gasteiger partial charge in [0.2, 0.25) is 0 Å². The van der Waals surface area contributed by atoms with Crippen molar-refractivity contribution in [3.8, 4) is 0 Å². The van der Waals surface area contributed by atoms with Crippen LogP contribution in [-0.4, -0.2) is 15.8 Å². The Bertz CT molecular complexity index is 563. The number of rotatable bonds is 2. The molecule has 2 heterocycles. The molecule has 2 aromatic rings. The number of hydrogen-bond acceptors (Lipinski definition) is 4. The second kappa shape index (κ2) is 4.51. The number of hydrogen-bond donors (Lipinski definition) is 1. The Morgan fingerprint density at radius 2 is 2.00 bits per heavy atom. The third-order valence-corrected chi connectivity index (χ3v) is 2.61. The first-order valence-corrected chi connectivity index (χ1v) is 5.34. The van der Waals surface area contributed by atoms with E-state index in [1.165, 1.54) is 12.3 Å². The van der Waals surface area contributed by atoms with Gasteiger partial charge in [0.25, 0.3) is 0 Å². The number of aryl methyl sites for hydroxylation is 1. The number of pyridine rings is 2. The van der Waals surface area contributed by atoms with E-state index in [1.54, 1.807) is 18.3 Å². The van der Waals surface area contributed by atoms with Crippen molar-refractivity contribution in [1.29, 1.82) is 0 Å². The number of carbonyl (C=O) groups is 1. The van der Waals surface area contributed by atoms with E-state index in [1.807, 2.05) is 6.92 Å². The molecule has 0 saturated carbocycles. The van der Waals surface area contributed by atoms with Crippen LogP contribution in [0.2, 0.25) is 5.15 Å². The van der Waals surface area contributed by atoms with Crippen molar-refractivity contribution in [2.24, 2.45) is 0 Å². The minimum absolute atomic E-state index is 0.197. The van der Waals surface area contributed by atoms with Crippen LogP contribution in [-0.2, 0) is 0 Å². The van der Waals surface area contributed by atoms with Gasteiger partial charge in [-0.15, -0.1) is 0 Å². The van der Waals surface area contributed by atoms with Crippen LogP contribution in [0.4, 0.5) is 5.82 Å². The molecule has 2 rings (SSSR count). The number of ketones is 1. The molecule has 17 heavy (non-hydrogen) atoms. The van der Waals surface area contributed by atoms with Crippen LogP contribution in [0, 0.1) is 6.92 Å². The van der Waals surface area contributed by atoms with Crippen LogP contribution >= 0.6 is 11.6 Å². The van der Waals surface area contributed by atoms with Crippen LogP contribution < -0.4 is 5.73 Å². The molecule has 86 valence electrons. The number of nitrogens with two attached hydrogens (primary N) is 1. The molecule has 0 aliphatic rings. The molecule has 0 spiro atoms. The fourth-order valence-electron chi connectivity index (χ4n) is 1.56. The SMILES string of the molecule is Cc1ccnc(N)c1C(=O)c1ccnc(Cl)c1. The summed E-state index contributed by atoms with van der Waals surface area (Å²) in [4.78, 5) is 20.0. The summed E-state index contributed by atoms with van der Waals surface area (Å²) >= 11 is 5.75. The Morgan fingerprint density at radius 1 is 1.29 bits per heavy atom. The quantitative estimate of drug-likeness (QED) is 0.653. The lowest BCUT2D eigenvalue weighted by atomic mass is 10.0. The zero-order valence-electron chi connectivity index (χ0n) is 9.14. The zero-order chi connectivity index (χ0) is 12.4. The van der Waals surface area contributed by atoms with Gasteiger partial charge in [-0.05, 0) is 30.7 Å². The minimum Gasteiger partial charge on any atom is -0.383 e. The van der Waals surface area contributed by atoms with Crippen LogP contribution in [0.15, 0.2) is 30.6 Å². The van der Waals surface area contributed by atoms with Gasteiger partial charge in [-0.2, -0.15) is 0 Å². The summed E-state index contributed by atoms with van der Waals surface area (Å²) < 4.78 is 0. The molecule has 2 aromatic heterocycles. The summed E-state index contributed by atoms with van der Waals surface area (Å²) in [5, 5.41) is 0.274. The Balaban J connectivity index is 2.51. The molecule has 0 aliphatic heterocycles. The van der Waals surface area contributed by atoms with E-state index in [9.17, 15) is 4.79 Å². The van der Waals surface area contributed by atoms with Gasteiger partial charge in [0.05, 0.1) is 5.56 Å². The Kier molecular flexibility index (Phi) is 3.06. The van der Waals surface area contributed by atoms with E-state index in [0.717, 1.165) is 5.56 Å². The highest BCUT2D eigenvalue weighted by Crippen LogP contribution is 2.19. The highest BCUT2D eigenvalue weighted by Gasteiger charge is 2.16. The molecule has 0 aliphatic carbocycles. The summed E-state index contributed by atoms with van der Waals surface area (Å²) in [5.74, 6) is 0.0281. The topological polar surface area (TPSA) is 68.9 Å². The van der Waals surface area contributed by atoms with Crippen molar-refractivity contribution >= 4 is 23.2 Å².